The number of rotatable bonds is 11. The maximum Gasteiger partial charge on any atom is 0.408 e. The first-order chi connectivity index (χ1) is 16.1. The van der Waals surface area contributed by atoms with Crippen molar-refractivity contribution in [2.75, 3.05) is 6.54 Å². The molecule has 0 aliphatic rings. The highest BCUT2D eigenvalue weighted by molar-refractivity contribution is 5.92. The van der Waals surface area contributed by atoms with Gasteiger partial charge in [-0.15, -0.1) is 0 Å². The lowest BCUT2D eigenvalue weighted by molar-refractivity contribution is -0.149. The summed E-state index contributed by atoms with van der Waals surface area (Å²) in [5.74, 6) is -0.557. The molecule has 0 aromatic heterocycles. The zero-order chi connectivity index (χ0) is 27.0. The maximum atomic E-state index is 13.9. The average molecular weight is 490 g/mol. The summed E-state index contributed by atoms with van der Waals surface area (Å²) in [4.78, 5) is 41.5. The second-order valence-corrected chi connectivity index (χ2v) is 11.0. The van der Waals surface area contributed by atoms with Crippen molar-refractivity contribution < 1.29 is 19.1 Å². The highest BCUT2D eigenvalue weighted by Crippen LogP contribution is 2.33. The van der Waals surface area contributed by atoms with Gasteiger partial charge in [0.2, 0.25) is 11.8 Å². The van der Waals surface area contributed by atoms with Gasteiger partial charge in [0.1, 0.15) is 17.7 Å². The van der Waals surface area contributed by atoms with E-state index in [2.05, 4.69) is 17.6 Å². The first kappa shape index (κ1) is 30.5. The molecule has 3 amide bonds. The van der Waals surface area contributed by atoms with Gasteiger partial charge in [0, 0.05) is 12.1 Å². The van der Waals surface area contributed by atoms with Crippen molar-refractivity contribution in [1.29, 1.82) is 0 Å². The smallest absolute Gasteiger partial charge is 0.408 e. The minimum atomic E-state index is -0.877. The molecule has 1 aromatic carbocycles. The van der Waals surface area contributed by atoms with Gasteiger partial charge in [0.05, 0.1) is 0 Å². The zero-order valence-corrected chi connectivity index (χ0v) is 23.5. The van der Waals surface area contributed by atoms with Crippen LogP contribution in [0.2, 0.25) is 0 Å². The number of amides is 3. The molecule has 0 radical (unpaired) electrons. The number of unbranched alkanes of at least 4 members (excludes halogenated alkanes) is 2. The SMILES string of the molecule is CCCCCNC(=O)C(c1ccc(C)c(C)c1)N(C(=O)C(C)NC(=O)OC(C)(C)C)C(C)(C)CC. The average Bonchev–Trinajstić information content (AvgIpc) is 2.74. The van der Waals surface area contributed by atoms with Gasteiger partial charge in [-0.1, -0.05) is 44.9 Å². The molecule has 0 saturated heterocycles. The Morgan fingerprint density at radius 1 is 1.00 bits per heavy atom. The minimum absolute atomic E-state index is 0.219. The van der Waals surface area contributed by atoms with Crippen LogP contribution in [0.3, 0.4) is 0 Å². The van der Waals surface area contributed by atoms with Crippen molar-refractivity contribution in [2.45, 2.75) is 118 Å². The standard InChI is InChI=1S/C28H47N3O4/c1-11-13-14-17-29-24(32)23(22-16-15-19(3)20(4)18-22)31(28(9,10)12-2)25(33)21(5)30-26(34)35-27(6,7)8/h15-16,18,21,23H,11-14,17H2,1-10H3,(H,29,32)(H,30,34). The van der Waals surface area contributed by atoms with Gasteiger partial charge in [-0.05, 0) is 84.9 Å². The van der Waals surface area contributed by atoms with E-state index in [-0.39, 0.29) is 11.8 Å². The van der Waals surface area contributed by atoms with E-state index in [0.29, 0.717) is 13.0 Å². The molecule has 0 fully saturated rings. The van der Waals surface area contributed by atoms with Crippen LogP contribution in [-0.2, 0) is 14.3 Å². The van der Waals surface area contributed by atoms with E-state index < -0.39 is 29.3 Å². The summed E-state index contributed by atoms with van der Waals surface area (Å²) in [7, 11) is 0. The van der Waals surface area contributed by atoms with Crippen LogP contribution >= 0.6 is 0 Å². The lowest BCUT2D eigenvalue weighted by atomic mass is 9.91. The molecule has 7 nitrogen and oxygen atoms in total. The van der Waals surface area contributed by atoms with Crippen molar-refractivity contribution in [2.24, 2.45) is 0 Å². The van der Waals surface area contributed by atoms with Crippen molar-refractivity contribution in [3.05, 3.63) is 34.9 Å². The minimum Gasteiger partial charge on any atom is -0.444 e. The number of nitrogens with one attached hydrogen (secondary N) is 2. The Hall–Kier alpha value is -2.57. The molecule has 1 aromatic rings. The number of carbonyl (C=O) groups is 3. The lowest BCUT2D eigenvalue weighted by Crippen LogP contribution is -2.58. The monoisotopic (exact) mass is 489 g/mol. The third-order valence-electron chi connectivity index (χ3n) is 6.29. The largest absolute Gasteiger partial charge is 0.444 e. The summed E-state index contributed by atoms with van der Waals surface area (Å²) in [6.07, 6.45) is 2.91. The molecule has 0 spiro atoms. The Morgan fingerprint density at radius 2 is 1.63 bits per heavy atom. The van der Waals surface area contributed by atoms with Gasteiger partial charge in [-0.3, -0.25) is 9.59 Å². The van der Waals surface area contributed by atoms with Crippen LogP contribution < -0.4 is 10.6 Å². The number of benzene rings is 1. The number of aryl methyl sites for hydroxylation is 2. The van der Waals surface area contributed by atoms with Crippen molar-refractivity contribution in [3.63, 3.8) is 0 Å². The molecule has 0 aliphatic heterocycles. The predicted octanol–water partition coefficient (Wildman–Crippen LogP) is 5.58. The number of hydrogen-bond donors (Lipinski definition) is 2. The molecule has 0 heterocycles. The van der Waals surface area contributed by atoms with E-state index in [1.807, 2.05) is 52.8 Å². The first-order valence-electron chi connectivity index (χ1n) is 12.8. The molecular weight excluding hydrogens is 442 g/mol. The summed E-state index contributed by atoms with van der Waals surface area (Å²) in [6, 6.07) is 4.16. The molecule has 35 heavy (non-hydrogen) atoms. The number of carbonyl (C=O) groups excluding carboxylic acids is 3. The van der Waals surface area contributed by atoms with Gasteiger partial charge in [-0.25, -0.2) is 4.79 Å². The van der Waals surface area contributed by atoms with Crippen molar-refractivity contribution in [1.82, 2.24) is 15.5 Å². The van der Waals surface area contributed by atoms with Gasteiger partial charge in [0.25, 0.3) is 0 Å². The summed E-state index contributed by atoms with van der Waals surface area (Å²) < 4.78 is 5.35. The normalized spacial score (nSPS) is 13.5. The van der Waals surface area contributed by atoms with Gasteiger partial charge >= 0.3 is 6.09 Å². The quantitative estimate of drug-likeness (QED) is 0.397. The molecule has 2 atom stereocenters. The lowest BCUT2D eigenvalue weighted by Gasteiger charge is -2.44. The van der Waals surface area contributed by atoms with Crippen LogP contribution in [0.25, 0.3) is 0 Å². The molecule has 1 rings (SSSR count). The number of alkyl carbamates (subject to hydrolysis) is 1. The molecule has 7 heteroatoms. The van der Waals surface area contributed by atoms with E-state index in [1.54, 1.807) is 32.6 Å². The fraction of sp³-hybridized carbons (Fsp3) is 0.679. The molecular formula is C28H47N3O4. The van der Waals surface area contributed by atoms with Crippen LogP contribution in [0.4, 0.5) is 4.79 Å². The van der Waals surface area contributed by atoms with E-state index >= 15 is 0 Å². The molecule has 0 bridgehead atoms. The zero-order valence-electron chi connectivity index (χ0n) is 23.5. The Bertz CT molecular complexity index is 873. The molecule has 198 valence electrons. The Kier molecular flexibility index (Phi) is 11.3. The molecule has 0 saturated carbocycles. The molecule has 2 N–H and O–H groups in total. The van der Waals surface area contributed by atoms with E-state index in [4.69, 9.17) is 4.74 Å². The van der Waals surface area contributed by atoms with E-state index in [1.165, 1.54) is 0 Å². The number of nitrogens with zero attached hydrogens (tertiary/aromatic N) is 1. The summed E-state index contributed by atoms with van der Waals surface area (Å²) in [5.41, 5.74) is 1.58. The Balaban J connectivity index is 3.44. The molecule has 2 unspecified atom stereocenters. The van der Waals surface area contributed by atoms with Gasteiger partial charge in [0.15, 0.2) is 0 Å². The van der Waals surface area contributed by atoms with Gasteiger partial charge in [-0.2, -0.15) is 0 Å². The second-order valence-electron chi connectivity index (χ2n) is 11.0. The van der Waals surface area contributed by atoms with Crippen molar-refractivity contribution in [3.8, 4) is 0 Å². The van der Waals surface area contributed by atoms with Crippen molar-refractivity contribution >= 4 is 17.9 Å². The Labute approximate surface area is 212 Å². The third kappa shape index (κ3) is 9.19. The highest BCUT2D eigenvalue weighted by atomic mass is 16.6. The van der Waals surface area contributed by atoms with Gasteiger partial charge < -0.3 is 20.3 Å². The highest BCUT2D eigenvalue weighted by Gasteiger charge is 2.42. The first-order valence-corrected chi connectivity index (χ1v) is 12.8. The fourth-order valence-electron chi connectivity index (χ4n) is 3.74. The number of hydrogen-bond acceptors (Lipinski definition) is 4. The summed E-state index contributed by atoms with van der Waals surface area (Å²) in [6.45, 7) is 19.5. The third-order valence-corrected chi connectivity index (χ3v) is 6.29. The predicted molar refractivity (Wildman–Crippen MR) is 141 cm³/mol. The van der Waals surface area contributed by atoms with E-state index in [9.17, 15) is 14.4 Å². The van der Waals surface area contributed by atoms with Crippen LogP contribution in [0, 0.1) is 13.8 Å². The van der Waals surface area contributed by atoms with Crippen LogP contribution in [0.15, 0.2) is 18.2 Å². The Morgan fingerprint density at radius 3 is 2.14 bits per heavy atom. The second kappa shape index (κ2) is 12.9. The summed E-state index contributed by atoms with van der Waals surface area (Å²) in [5, 5.41) is 5.70. The fourth-order valence-corrected chi connectivity index (χ4v) is 3.74. The van der Waals surface area contributed by atoms with E-state index in [0.717, 1.165) is 36.0 Å². The van der Waals surface area contributed by atoms with Crippen LogP contribution in [0.1, 0.15) is 104 Å². The topological polar surface area (TPSA) is 87.7 Å². The van der Waals surface area contributed by atoms with Crippen LogP contribution in [-0.4, -0.2) is 46.5 Å². The maximum absolute atomic E-state index is 13.9. The van der Waals surface area contributed by atoms with Crippen LogP contribution in [0.5, 0.6) is 0 Å². The number of ether oxygens (including phenoxy) is 1. The summed E-state index contributed by atoms with van der Waals surface area (Å²) >= 11 is 0. The molecule has 0 aliphatic carbocycles.